The van der Waals surface area contributed by atoms with Gasteiger partial charge in [0.2, 0.25) is 0 Å². The molecule has 1 aliphatic rings. The Morgan fingerprint density at radius 1 is 0.971 bits per heavy atom. The summed E-state index contributed by atoms with van der Waals surface area (Å²) in [5.41, 5.74) is 2.25. The average Bonchev–Trinajstić information content (AvgIpc) is 3.11. The molecule has 1 saturated heterocycles. The van der Waals surface area contributed by atoms with Gasteiger partial charge in [-0.1, -0.05) is 59.3 Å². The van der Waals surface area contributed by atoms with Crippen molar-refractivity contribution < 1.29 is 19.0 Å². The van der Waals surface area contributed by atoms with Crippen molar-refractivity contribution in [1.82, 2.24) is 0 Å². The summed E-state index contributed by atoms with van der Waals surface area (Å²) < 4.78 is 17.1. The summed E-state index contributed by atoms with van der Waals surface area (Å²) in [4.78, 5) is 15.1. The van der Waals surface area contributed by atoms with Crippen molar-refractivity contribution in [3.8, 4) is 17.2 Å². The van der Waals surface area contributed by atoms with Crippen molar-refractivity contribution in [2.75, 3.05) is 19.1 Å². The lowest BCUT2D eigenvalue weighted by Crippen LogP contribution is -2.27. The number of anilines is 1. The summed E-state index contributed by atoms with van der Waals surface area (Å²) in [6.07, 6.45) is 1.78. The van der Waals surface area contributed by atoms with Crippen LogP contribution in [0.1, 0.15) is 11.1 Å². The van der Waals surface area contributed by atoms with Crippen LogP contribution in [0.2, 0.25) is 10.0 Å². The molecule has 0 aromatic heterocycles. The Morgan fingerprint density at radius 3 is 2.41 bits per heavy atom. The summed E-state index contributed by atoms with van der Waals surface area (Å²) in [7, 11) is 3.16. The zero-order chi connectivity index (χ0) is 24.2. The van der Waals surface area contributed by atoms with Gasteiger partial charge in [0.1, 0.15) is 12.4 Å². The molecule has 9 heteroatoms. The molecule has 3 aromatic carbocycles. The highest BCUT2D eigenvalue weighted by Crippen LogP contribution is 2.38. The number of ether oxygens (including phenoxy) is 3. The predicted molar refractivity (Wildman–Crippen MR) is 142 cm³/mol. The van der Waals surface area contributed by atoms with Gasteiger partial charge in [-0.05, 0) is 60.2 Å². The minimum atomic E-state index is -0.189. The summed E-state index contributed by atoms with van der Waals surface area (Å²) in [5, 5.41) is 1.07. The van der Waals surface area contributed by atoms with Crippen molar-refractivity contribution in [3.63, 3.8) is 0 Å². The molecular weight excluding hydrogens is 513 g/mol. The molecule has 1 amide bonds. The van der Waals surface area contributed by atoms with Crippen LogP contribution in [-0.2, 0) is 11.4 Å². The van der Waals surface area contributed by atoms with E-state index >= 15 is 0 Å². The Balaban J connectivity index is 1.56. The Bertz CT molecular complexity index is 1280. The summed E-state index contributed by atoms with van der Waals surface area (Å²) in [6, 6.07) is 17.9. The van der Waals surface area contributed by atoms with Gasteiger partial charge in [-0.2, -0.15) is 0 Å². The van der Waals surface area contributed by atoms with Crippen molar-refractivity contribution >= 4 is 69.2 Å². The highest BCUT2D eigenvalue weighted by Gasteiger charge is 2.33. The first-order chi connectivity index (χ1) is 16.4. The molecule has 34 heavy (non-hydrogen) atoms. The third-order valence-electron chi connectivity index (χ3n) is 5.01. The van der Waals surface area contributed by atoms with Gasteiger partial charge in [0.05, 0.1) is 24.8 Å². The van der Waals surface area contributed by atoms with E-state index in [1.165, 1.54) is 16.7 Å². The number of hydrogen-bond acceptors (Lipinski definition) is 6. The molecule has 0 atom stereocenters. The highest BCUT2D eigenvalue weighted by molar-refractivity contribution is 8.27. The lowest BCUT2D eigenvalue weighted by atomic mass is 10.1. The third kappa shape index (κ3) is 5.33. The molecule has 0 unspecified atom stereocenters. The third-order valence-corrected chi connectivity index (χ3v) is 6.90. The van der Waals surface area contributed by atoms with Gasteiger partial charge in [-0.15, -0.1) is 0 Å². The van der Waals surface area contributed by atoms with Crippen LogP contribution in [0.4, 0.5) is 5.69 Å². The Labute approximate surface area is 217 Å². The van der Waals surface area contributed by atoms with Crippen LogP contribution >= 0.6 is 47.2 Å². The molecule has 0 spiro atoms. The quantitative estimate of drug-likeness (QED) is 0.241. The lowest BCUT2D eigenvalue weighted by molar-refractivity contribution is -0.113. The molecule has 1 fully saturated rings. The van der Waals surface area contributed by atoms with Gasteiger partial charge < -0.3 is 14.2 Å². The second-order valence-electron chi connectivity index (χ2n) is 7.15. The number of thioether (sulfide) groups is 1. The first-order valence-corrected chi connectivity index (χ1v) is 12.0. The molecule has 4 rings (SSSR count). The van der Waals surface area contributed by atoms with Crippen molar-refractivity contribution in [2.24, 2.45) is 0 Å². The van der Waals surface area contributed by atoms with Crippen LogP contribution in [0.25, 0.3) is 6.08 Å². The predicted octanol–water partition coefficient (Wildman–Crippen LogP) is 7.00. The Hall–Kier alpha value is -2.71. The smallest absolute Gasteiger partial charge is 0.270 e. The molecule has 0 radical (unpaired) electrons. The van der Waals surface area contributed by atoms with Crippen molar-refractivity contribution in [1.29, 1.82) is 0 Å². The van der Waals surface area contributed by atoms with Crippen LogP contribution < -0.4 is 19.1 Å². The number of benzene rings is 3. The van der Waals surface area contributed by atoms with E-state index in [0.717, 1.165) is 11.1 Å². The molecule has 0 aliphatic carbocycles. The first-order valence-electron chi connectivity index (χ1n) is 10.1. The van der Waals surface area contributed by atoms with E-state index in [2.05, 4.69) is 0 Å². The van der Waals surface area contributed by atoms with Gasteiger partial charge in [0, 0.05) is 15.6 Å². The van der Waals surface area contributed by atoms with E-state index in [9.17, 15) is 4.79 Å². The number of methoxy groups -OCH3 is 2. The van der Waals surface area contributed by atoms with Crippen molar-refractivity contribution in [3.05, 3.63) is 86.7 Å². The van der Waals surface area contributed by atoms with Crippen LogP contribution in [0.3, 0.4) is 0 Å². The fourth-order valence-corrected chi connectivity index (χ4v) is 5.03. The Morgan fingerprint density at radius 2 is 1.74 bits per heavy atom. The number of hydrogen-bond donors (Lipinski definition) is 0. The van der Waals surface area contributed by atoms with Crippen LogP contribution in [0.15, 0.2) is 65.6 Å². The van der Waals surface area contributed by atoms with E-state index in [4.69, 9.17) is 49.6 Å². The molecule has 0 saturated carbocycles. The van der Waals surface area contributed by atoms with Gasteiger partial charge in [-0.3, -0.25) is 9.69 Å². The van der Waals surface area contributed by atoms with E-state index < -0.39 is 0 Å². The maximum absolute atomic E-state index is 13.1. The molecule has 3 aromatic rings. The number of carbonyl (C=O) groups excluding carboxylic acids is 1. The second kappa shape index (κ2) is 10.7. The highest BCUT2D eigenvalue weighted by atomic mass is 35.5. The fraction of sp³-hybridized carbons (Fsp3) is 0.120. The largest absolute Gasteiger partial charge is 0.497 e. The lowest BCUT2D eigenvalue weighted by Gasteiger charge is -2.14. The van der Waals surface area contributed by atoms with Crippen LogP contribution in [0, 0.1) is 0 Å². The molecule has 0 N–H and O–H groups in total. The van der Waals surface area contributed by atoms with E-state index in [-0.39, 0.29) is 12.5 Å². The summed E-state index contributed by atoms with van der Waals surface area (Å²) in [6.45, 7) is 0.232. The maximum Gasteiger partial charge on any atom is 0.270 e. The van der Waals surface area contributed by atoms with Gasteiger partial charge in [0.15, 0.2) is 15.8 Å². The number of carbonyl (C=O) groups is 1. The Kier molecular flexibility index (Phi) is 7.68. The molecule has 5 nitrogen and oxygen atoms in total. The second-order valence-corrected chi connectivity index (χ2v) is 9.67. The molecular formula is C25H19Cl2NO4S2. The monoisotopic (exact) mass is 531 g/mol. The summed E-state index contributed by atoms with van der Waals surface area (Å²) >= 11 is 18.9. The number of rotatable bonds is 7. The van der Waals surface area contributed by atoms with E-state index in [1.807, 2.05) is 18.2 Å². The summed E-state index contributed by atoms with van der Waals surface area (Å²) in [5.74, 6) is 1.60. The number of nitrogens with zero attached hydrogens (tertiary/aromatic N) is 1. The minimum absolute atomic E-state index is 0.189. The van der Waals surface area contributed by atoms with Gasteiger partial charge in [0.25, 0.3) is 5.91 Å². The number of thiocarbonyl (C=S) groups is 1. The van der Waals surface area contributed by atoms with E-state index in [1.54, 1.807) is 62.8 Å². The van der Waals surface area contributed by atoms with Crippen LogP contribution in [0.5, 0.6) is 17.2 Å². The molecule has 174 valence electrons. The van der Waals surface area contributed by atoms with E-state index in [0.29, 0.717) is 42.2 Å². The zero-order valence-corrected chi connectivity index (χ0v) is 21.4. The SMILES string of the molecule is COc1ccc(N2C(=O)/C(=C\c3ccc(OC)c(OCc4ccc(Cl)cc4Cl)c3)SC2=S)cc1. The first kappa shape index (κ1) is 24.4. The number of amides is 1. The minimum Gasteiger partial charge on any atom is -0.497 e. The zero-order valence-electron chi connectivity index (χ0n) is 18.2. The molecule has 1 aliphatic heterocycles. The van der Waals surface area contributed by atoms with Crippen molar-refractivity contribution in [2.45, 2.75) is 6.61 Å². The standard InChI is InChI=1S/C25H19Cl2NO4S2/c1-30-19-8-6-18(7-9-19)28-24(29)23(34-25(28)33)12-15-3-10-21(31-2)22(11-15)32-14-16-4-5-17(26)13-20(16)27/h3-13H,14H2,1-2H3/b23-12+. The topological polar surface area (TPSA) is 48.0 Å². The fourth-order valence-electron chi connectivity index (χ4n) is 3.26. The van der Waals surface area contributed by atoms with Gasteiger partial charge >= 0.3 is 0 Å². The normalized spacial score (nSPS) is 14.6. The molecule has 1 heterocycles. The van der Waals surface area contributed by atoms with Crippen LogP contribution in [-0.4, -0.2) is 24.4 Å². The van der Waals surface area contributed by atoms with Gasteiger partial charge in [-0.25, -0.2) is 0 Å². The molecule has 0 bridgehead atoms. The average molecular weight is 532 g/mol. The maximum atomic E-state index is 13.1. The number of halogens is 2.